The van der Waals surface area contributed by atoms with Crippen LogP contribution < -0.4 is 5.32 Å². The van der Waals surface area contributed by atoms with Crippen LogP contribution in [-0.2, 0) is 4.79 Å². The van der Waals surface area contributed by atoms with Gasteiger partial charge in [-0.05, 0) is 86.4 Å². The highest BCUT2D eigenvalue weighted by molar-refractivity contribution is 6.33. The van der Waals surface area contributed by atoms with Gasteiger partial charge >= 0.3 is 0 Å². The Labute approximate surface area is 225 Å². The Bertz CT molecular complexity index is 1630. The third-order valence-electron chi connectivity index (χ3n) is 7.29. The summed E-state index contributed by atoms with van der Waals surface area (Å²) in [4.78, 5) is 36.1. The van der Waals surface area contributed by atoms with Crippen molar-refractivity contribution in [1.82, 2.24) is 19.3 Å². The largest absolute Gasteiger partial charge is 0.325 e. The molecule has 4 aromatic rings. The smallest absolute Gasteiger partial charge is 0.298 e. The maximum Gasteiger partial charge on any atom is 0.298 e. The van der Waals surface area contributed by atoms with E-state index in [2.05, 4.69) is 33.2 Å². The number of likely N-dealkylation sites (tertiary alicyclic amines) is 1. The van der Waals surface area contributed by atoms with E-state index in [9.17, 15) is 9.59 Å². The minimum atomic E-state index is -0.265. The van der Waals surface area contributed by atoms with Crippen LogP contribution in [-0.4, -0.2) is 37.6 Å². The average Bonchev–Trinajstić information content (AvgIpc) is 3.55. The lowest BCUT2D eigenvalue weighted by atomic mass is 10.0. The Kier molecular flexibility index (Phi) is 6.34. The van der Waals surface area contributed by atoms with E-state index in [1.807, 2.05) is 33.6 Å². The van der Waals surface area contributed by atoms with Gasteiger partial charge in [0, 0.05) is 35.6 Å². The predicted octanol–water partition coefficient (Wildman–Crippen LogP) is 5.87. The third-order valence-corrected chi connectivity index (χ3v) is 7.61. The number of carbonyl (C=O) groups is 2. The lowest BCUT2D eigenvalue weighted by Crippen LogP contribution is -2.29. The molecule has 1 aliphatic heterocycles. The van der Waals surface area contributed by atoms with E-state index < -0.39 is 0 Å². The Morgan fingerprint density at radius 3 is 2.74 bits per heavy atom. The second-order valence-corrected chi connectivity index (χ2v) is 10.2. The summed E-state index contributed by atoms with van der Waals surface area (Å²) in [7, 11) is 0. The fourth-order valence-electron chi connectivity index (χ4n) is 5.30. The average molecular weight is 524 g/mol. The van der Waals surface area contributed by atoms with Crippen molar-refractivity contribution in [3.05, 3.63) is 82.9 Å². The first-order valence-electron chi connectivity index (χ1n) is 12.8. The molecule has 0 spiro atoms. The lowest BCUT2D eigenvalue weighted by molar-refractivity contribution is -0.125. The zero-order valence-electron chi connectivity index (χ0n) is 20.9. The Morgan fingerprint density at radius 2 is 1.95 bits per heavy atom. The van der Waals surface area contributed by atoms with Gasteiger partial charge in [-0.1, -0.05) is 23.6 Å². The van der Waals surface area contributed by atoms with E-state index in [1.54, 1.807) is 37.8 Å². The number of aromatic nitrogens is 3. The van der Waals surface area contributed by atoms with E-state index in [4.69, 9.17) is 11.6 Å². The Morgan fingerprint density at radius 1 is 1.08 bits per heavy atom. The van der Waals surface area contributed by atoms with Crippen LogP contribution in [0.2, 0.25) is 5.02 Å². The Hall–Kier alpha value is -4.15. The number of pyridine rings is 1. The molecule has 2 amide bonds. The molecule has 2 fully saturated rings. The van der Waals surface area contributed by atoms with E-state index in [0.29, 0.717) is 28.9 Å². The van der Waals surface area contributed by atoms with Crippen molar-refractivity contribution in [1.29, 1.82) is 0 Å². The summed E-state index contributed by atoms with van der Waals surface area (Å²) in [6.45, 7) is 2.35. The molecule has 6 rings (SSSR count). The van der Waals surface area contributed by atoms with Gasteiger partial charge < -0.3 is 10.2 Å². The lowest BCUT2D eigenvalue weighted by Gasteiger charge is -2.22. The zero-order valence-corrected chi connectivity index (χ0v) is 21.7. The zero-order chi connectivity index (χ0) is 26.2. The number of nitrogens with zero attached hydrogens (tertiary/aromatic N) is 4. The molecule has 0 radical (unpaired) electrons. The molecular weight excluding hydrogens is 498 g/mol. The molecule has 1 saturated heterocycles. The number of benzene rings is 1. The first-order valence-corrected chi connectivity index (χ1v) is 13.2. The van der Waals surface area contributed by atoms with Gasteiger partial charge in [0.1, 0.15) is 5.82 Å². The number of hydrogen-bond acceptors (Lipinski definition) is 4. The van der Waals surface area contributed by atoms with Crippen LogP contribution in [0.25, 0.3) is 16.8 Å². The number of rotatable bonds is 5. The van der Waals surface area contributed by atoms with Crippen LogP contribution in [0.15, 0.2) is 61.2 Å². The molecule has 1 N–H and O–H groups in total. The highest BCUT2D eigenvalue weighted by Crippen LogP contribution is 2.41. The summed E-state index contributed by atoms with van der Waals surface area (Å²) in [5.41, 5.74) is 5.27. The summed E-state index contributed by atoms with van der Waals surface area (Å²) in [5.74, 6) is 6.10. The number of halogens is 1. The van der Waals surface area contributed by atoms with Crippen LogP contribution in [0.5, 0.6) is 0 Å². The highest BCUT2D eigenvalue weighted by atomic mass is 35.5. The van der Waals surface area contributed by atoms with Crippen molar-refractivity contribution in [3.63, 3.8) is 0 Å². The van der Waals surface area contributed by atoms with Gasteiger partial charge in [-0.2, -0.15) is 0 Å². The van der Waals surface area contributed by atoms with Gasteiger partial charge in [0.2, 0.25) is 0 Å². The van der Waals surface area contributed by atoms with E-state index in [0.717, 1.165) is 35.2 Å². The number of nitrogens with one attached hydrogen (secondary N) is 1. The van der Waals surface area contributed by atoms with Crippen molar-refractivity contribution in [2.75, 3.05) is 11.9 Å². The molecule has 2 aliphatic rings. The van der Waals surface area contributed by atoms with Crippen LogP contribution in [0.3, 0.4) is 0 Å². The van der Waals surface area contributed by atoms with Gasteiger partial charge in [0.25, 0.3) is 11.8 Å². The van der Waals surface area contributed by atoms with Crippen molar-refractivity contribution in [2.24, 2.45) is 0 Å². The molecule has 190 valence electrons. The number of fused-ring (bicyclic) bond motifs is 1. The Balaban J connectivity index is 1.31. The van der Waals surface area contributed by atoms with Gasteiger partial charge in [-0.3, -0.25) is 14.0 Å². The van der Waals surface area contributed by atoms with Gasteiger partial charge in [-0.25, -0.2) is 9.97 Å². The number of anilines is 1. The number of hydrogen-bond donors (Lipinski definition) is 1. The predicted molar refractivity (Wildman–Crippen MR) is 147 cm³/mol. The van der Waals surface area contributed by atoms with Crippen LogP contribution in [0.4, 0.5) is 5.82 Å². The minimum Gasteiger partial charge on any atom is -0.325 e. The summed E-state index contributed by atoms with van der Waals surface area (Å²) in [6.07, 6.45) is 9.37. The summed E-state index contributed by atoms with van der Waals surface area (Å²) < 4.78 is 1.98. The SMILES string of the molecule is CC#CC(=O)N1CCCC1c1cc(-c2ccc(C(=O)Nc3cc(C4CC4)ccn3)cc2Cl)n2cnccc12. The second-order valence-electron chi connectivity index (χ2n) is 9.75. The second kappa shape index (κ2) is 9.96. The summed E-state index contributed by atoms with van der Waals surface area (Å²) >= 11 is 6.76. The molecule has 38 heavy (non-hydrogen) atoms. The standard InChI is InChI=1S/C30H26ClN5O2/c1-2-4-29(37)35-14-3-5-25(35)23-17-27(36-18-32-12-11-26(23)36)22-9-8-21(15-24(22)31)30(38)34-28-16-20(10-13-33-28)19-6-7-19/h8-13,15-19,25H,3,5-7,14H2,1H3,(H,33,34,38). The summed E-state index contributed by atoms with van der Waals surface area (Å²) in [5, 5.41) is 3.34. The molecule has 1 saturated carbocycles. The molecule has 1 atom stereocenters. The fourth-order valence-corrected chi connectivity index (χ4v) is 5.58. The fraction of sp³-hybridized carbons (Fsp3) is 0.267. The molecule has 7 nitrogen and oxygen atoms in total. The van der Waals surface area contributed by atoms with E-state index in [-0.39, 0.29) is 17.9 Å². The monoisotopic (exact) mass is 523 g/mol. The quantitative estimate of drug-likeness (QED) is 0.332. The van der Waals surface area contributed by atoms with Crippen LogP contribution >= 0.6 is 11.6 Å². The molecule has 1 aliphatic carbocycles. The normalized spacial score (nSPS) is 16.8. The van der Waals surface area contributed by atoms with Gasteiger partial charge in [0.05, 0.1) is 28.6 Å². The molecule has 4 heterocycles. The minimum absolute atomic E-state index is 0.0720. The van der Waals surface area contributed by atoms with E-state index >= 15 is 0 Å². The van der Waals surface area contributed by atoms with Crippen molar-refractivity contribution < 1.29 is 9.59 Å². The molecule has 1 unspecified atom stereocenters. The molecular formula is C30H26ClN5O2. The topological polar surface area (TPSA) is 79.6 Å². The third kappa shape index (κ3) is 4.52. The first kappa shape index (κ1) is 24.2. The van der Waals surface area contributed by atoms with E-state index in [1.165, 1.54) is 18.4 Å². The molecule has 8 heteroatoms. The molecule has 3 aromatic heterocycles. The summed E-state index contributed by atoms with van der Waals surface area (Å²) in [6, 6.07) is 13.2. The van der Waals surface area contributed by atoms with Crippen LogP contribution in [0.1, 0.15) is 66.1 Å². The highest BCUT2D eigenvalue weighted by Gasteiger charge is 2.32. The molecule has 1 aromatic carbocycles. The van der Waals surface area contributed by atoms with Crippen molar-refractivity contribution in [3.8, 4) is 23.1 Å². The van der Waals surface area contributed by atoms with Crippen molar-refractivity contribution in [2.45, 2.75) is 44.6 Å². The molecule has 0 bridgehead atoms. The van der Waals surface area contributed by atoms with Crippen molar-refractivity contribution >= 4 is 34.7 Å². The maximum atomic E-state index is 13.0. The first-order chi connectivity index (χ1) is 18.5. The van der Waals surface area contributed by atoms with Crippen LogP contribution in [0, 0.1) is 11.8 Å². The number of carbonyl (C=O) groups excluding carboxylic acids is 2. The van der Waals surface area contributed by atoms with Gasteiger partial charge in [-0.15, -0.1) is 0 Å². The number of amides is 2. The maximum absolute atomic E-state index is 13.0. The van der Waals surface area contributed by atoms with Gasteiger partial charge in [0.15, 0.2) is 0 Å².